The normalized spacial score (nSPS) is 15.0. The summed E-state index contributed by atoms with van der Waals surface area (Å²) in [5, 5.41) is 7.12. The molecule has 20 heteroatoms. The molecular formula is C56H64F11NO8. The summed E-state index contributed by atoms with van der Waals surface area (Å²) < 4.78 is 153. The van der Waals surface area contributed by atoms with Gasteiger partial charge in [-0.2, -0.15) is 39.5 Å². The van der Waals surface area contributed by atoms with Crippen LogP contribution in [0.25, 0.3) is 0 Å². The summed E-state index contributed by atoms with van der Waals surface area (Å²) in [6, 6.07) is 21.1. The molecule has 0 heterocycles. The second-order valence-corrected chi connectivity index (χ2v) is 19.2. The number of hydrogen-bond donors (Lipinski definition) is 2. The third kappa shape index (κ3) is 23.5. The number of alkyl halides is 9. The van der Waals surface area contributed by atoms with Gasteiger partial charge in [-0.15, -0.1) is 13.2 Å². The van der Waals surface area contributed by atoms with Crippen molar-refractivity contribution in [2.24, 2.45) is 35.3 Å². The standard InChI is InChI=1S/C30H36F4O4.C24H27F4NO2.C2HF3O2/c1-7-23(17-21-8-12-24(13-9-21)30(32,33)34)26(18-22-10-14-25(31)15-11-22)20(3)37-28(36)19(2)16-27(35)38-29(4,5)6;1-4-19(13-17-5-9-20(10-6-17)24(26,27)28)22(16(3)31-23(30)15(2)29)14-18-7-11-21(25)12-8-18;3-2(4,5)1(6)7/h7-15,19-20,23,26H,1,16-18H2,2-6H3;4-12,15-16,19,22H,1,13-14,29H2,2-3H3;(H,6,7)/t19-,20+,23-,26+;15-,16-,19+,22-;/m10./s1. The molecule has 0 amide bonds. The van der Waals surface area contributed by atoms with Crippen LogP contribution >= 0.6 is 0 Å². The van der Waals surface area contributed by atoms with E-state index in [1.807, 2.05) is 0 Å². The highest BCUT2D eigenvalue weighted by Crippen LogP contribution is 2.34. The van der Waals surface area contributed by atoms with Gasteiger partial charge in [-0.25, -0.2) is 13.6 Å². The van der Waals surface area contributed by atoms with E-state index in [9.17, 15) is 62.7 Å². The average Bonchev–Trinajstić information content (AvgIpc) is 3.31. The van der Waals surface area contributed by atoms with Crippen molar-refractivity contribution in [3.8, 4) is 0 Å². The number of benzene rings is 4. The zero-order chi connectivity index (χ0) is 57.9. The van der Waals surface area contributed by atoms with Crippen molar-refractivity contribution in [2.45, 2.75) is 123 Å². The van der Waals surface area contributed by atoms with Crippen molar-refractivity contribution in [1.29, 1.82) is 0 Å². The van der Waals surface area contributed by atoms with Crippen molar-refractivity contribution in [1.82, 2.24) is 0 Å². The number of carboxylic acid groups (broad SMARTS) is 1. The van der Waals surface area contributed by atoms with Crippen molar-refractivity contribution in [3.05, 3.63) is 167 Å². The maximum atomic E-state index is 13.5. The number of halogens is 11. The van der Waals surface area contributed by atoms with E-state index in [-0.39, 0.29) is 41.7 Å². The number of rotatable bonds is 20. The predicted octanol–water partition coefficient (Wildman–Crippen LogP) is 13.3. The Kier molecular flexibility index (Phi) is 25.1. The minimum Gasteiger partial charge on any atom is -0.475 e. The molecule has 0 aliphatic heterocycles. The van der Waals surface area contributed by atoms with Gasteiger partial charge in [0.05, 0.1) is 23.5 Å². The van der Waals surface area contributed by atoms with Crippen LogP contribution < -0.4 is 5.73 Å². The summed E-state index contributed by atoms with van der Waals surface area (Å²) in [7, 11) is 0. The van der Waals surface area contributed by atoms with E-state index < -0.39 is 83.3 Å². The van der Waals surface area contributed by atoms with E-state index in [1.54, 1.807) is 78.0 Å². The van der Waals surface area contributed by atoms with E-state index in [4.69, 9.17) is 29.8 Å². The molecule has 9 nitrogen and oxygen atoms in total. The van der Waals surface area contributed by atoms with Crippen LogP contribution in [0, 0.1) is 41.2 Å². The first kappa shape index (κ1) is 65.5. The summed E-state index contributed by atoms with van der Waals surface area (Å²) in [6.45, 7) is 19.6. The Hall–Kier alpha value is -6.57. The molecule has 0 aromatic heterocycles. The Bertz CT molecular complexity index is 2470. The molecule has 76 heavy (non-hydrogen) atoms. The summed E-state index contributed by atoms with van der Waals surface area (Å²) in [6.07, 6.45) is -10.2. The highest BCUT2D eigenvalue weighted by molar-refractivity contribution is 5.80. The second kappa shape index (κ2) is 29.1. The minimum absolute atomic E-state index is 0.137. The summed E-state index contributed by atoms with van der Waals surface area (Å²) in [5.74, 6) is -6.91. The number of hydrogen-bond acceptors (Lipinski definition) is 8. The molecule has 8 atom stereocenters. The van der Waals surface area contributed by atoms with Gasteiger partial charge < -0.3 is 25.1 Å². The maximum Gasteiger partial charge on any atom is 0.490 e. The summed E-state index contributed by atoms with van der Waals surface area (Å²) in [4.78, 5) is 45.9. The van der Waals surface area contributed by atoms with Gasteiger partial charge in [-0.05, 0) is 150 Å². The largest absolute Gasteiger partial charge is 0.490 e. The number of carboxylic acids is 1. The Morgan fingerprint density at radius 3 is 1.13 bits per heavy atom. The number of esters is 3. The van der Waals surface area contributed by atoms with Crippen LogP contribution in [0.4, 0.5) is 48.3 Å². The Morgan fingerprint density at radius 2 is 0.855 bits per heavy atom. The van der Waals surface area contributed by atoms with Crippen LogP contribution in [0.2, 0.25) is 0 Å². The minimum atomic E-state index is -5.08. The molecule has 0 radical (unpaired) electrons. The van der Waals surface area contributed by atoms with Crippen molar-refractivity contribution in [3.63, 3.8) is 0 Å². The average molecular weight is 1090 g/mol. The quantitative estimate of drug-likeness (QED) is 0.0383. The van der Waals surface area contributed by atoms with Crippen molar-refractivity contribution < 1.29 is 86.8 Å². The molecule has 0 spiro atoms. The SMILES string of the molecule is C=C[C@H](Cc1ccc(C(F)(F)F)cc1)[C@@H](Cc1ccc(F)cc1)[C@H](C)OC(=O)[C@H](C)CC(=O)OC(C)(C)C.C=C[C@H](Cc1ccc(C(F)(F)F)cc1)[C@@H](Cc1ccc(F)cc1)[C@H](C)OC(=O)[C@H](C)N.O=C(O)C(F)(F)F. The fourth-order valence-corrected chi connectivity index (χ4v) is 7.62. The lowest BCUT2D eigenvalue weighted by atomic mass is 9.79. The Balaban J connectivity index is 0.000000468. The fourth-order valence-electron chi connectivity index (χ4n) is 7.62. The van der Waals surface area contributed by atoms with E-state index in [2.05, 4.69) is 13.2 Å². The molecule has 0 fully saturated rings. The number of nitrogens with two attached hydrogens (primary N) is 1. The van der Waals surface area contributed by atoms with Gasteiger partial charge in [-0.1, -0.05) is 67.6 Å². The zero-order valence-electron chi connectivity index (χ0n) is 43.0. The Labute approximate surface area is 435 Å². The smallest absolute Gasteiger partial charge is 0.475 e. The summed E-state index contributed by atoms with van der Waals surface area (Å²) in [5.41, 5.74) is 6.50. The maximum absolute atomic E-state index is 13.5. The van der Waals surface area contributed by atoms with Crippen molar-refractivity contribution >= 4 is 23.9 Å². The first-order valence-electron chi connectivity index (χ1n) is 23.8. The van der Waals surface area contributed by atoms with Gasteiger partial charge in [0, 0.05) is 11.8 Å². The molecule has 0 bridgehead atoms. The number of carbonyl (C=O) groups is 4. The lowest BCUT2D eigenvalue weighted by Crippen LogP contribution is -2.37. The van der Waals surface area contributed by atoms with E-state index in [0.29, 0.717) is 36.8 Å². The molecule has 418 valence electrons. The van der Waals surface area contributed by atoms with Crippen molar-refractivity contribution in [2.75, 3.05) is 0 Å². The molecule has 3 N–H and O–H groups in total. The zero-order valence-corrected chi connectivity index (χ0v) is 43.0. The van der Waals surface area contributed by atoms with Gasteiger partial charge in [0.2, 0.25) is 0 Å². The molecular weight excluding hydrogens is 1020 g/mol. The first-order chi connectivity index (χ1) is 35.0. The predicted molar refractivity (Wildman–Crippen MR) is 263 cm³/mol. The molecule has 4 rings (SSSR count). The van der Waals surface area contributed by atoms with Crippen LogP contribution in [0.15, 0.2) is 122 Å². The lowest BCUT2D eigenvalue weighted by molar-refractivity contribution is -0.192. The number of ether oxygens (including phenoxy) is 3. The van der Waals surface area contributed by atoms with E-state index in [0.717, 1.165) is 35.4 Å². The van der Waals surface area contributed by atoms with Gasteiger partial charge in [0.1, 0.15) is 35.5 Å². The molecule has 0 aliphatic rings. The molecule has 4 aromatic rings. The number of aliphatic carboxylic acids is 1. The molecule has 0 aliphatic carbocycles. The van der Waals surface area contributed by atoms with Gasteiger partial charge in [0.25, 0.3) is 0 Å². The molecule has 4 aromatic carbocycles. The number of allylic oxidation sites excluding steroid dienone is 2. The summed E-state index contributed by atoms with van der Waals surface area (Å²) >= 11 is 0. The van der Waals surface area contributed by atoms with Crippen LogP contribution in [-0.4, -0.2) is 59.0 Å². The van der Waals surface area contributed by atoms with Crippen LogP contribution in [0.3, 0.4) is 0 Å². The monoisotopic (exact) mass is 1090 g/mol. The third-order valence-electron chi connectivity index (χ3n) is 11.7. The lowest BCUT2D eigenvalue weighted by Gasteiger charge is -2.31. The van der Waals surface area contributed by atoms with Gasteiger partial charge in [-0.3, -0.25) is 14.4 Å². The van der Waals surface area contributed by atoms with Crippen LogP contribution in [0.1, 0.15) is 88.3 Å². The third-order valence-corrected chi connectivity index (χ3v) is 11.7. The first-order valence-corrected chi connectivity index (χ1v) is 23.8. The van der Waals surface area contributed by atoms with Crippen LogP contribution in [0.5, 0.6) is 0 Å². The molecule has 0 saturated heterocycles. The van der Waals surface area contributed by atoms with E-state index in [1.165, 1.54) is 55.5 Å². The van der Waals surface area contributed by atoms with Gasteiger partial charge >= 0.3 is 42.4 Å². The number of carbonyl (C=O) groups excluding carboxylic acids is 3. The van der Waals surface area contributed by atoms with Crippen LogP contribution in [-0.2, 0) is 71.4 Å². The molecule has 0 saturated carbocycles. The second-order valence-electron chi connectivity index (χ2n) is 19.2. The molecule has 0 unspecified atom stereocenters. The van der Waals surface area contributed by atoms with E-state index >= 15 is 0 Å². The highest BCUT2D eigenvalue weighted by Gasteiger charge is 2.38. The Morgan fingerprint density at radius 1 is 0.553 bits per heavy atom. The highest BCUT2D eigenvalue weighted by atomic mass is 19.4. The van der Waals surface area contributed by atoms with Gasteiger partial charge in [0.15, 0.2) is 0 Å². The topological polar surface area (TPSA) is 142 Å². The fraction of sp³-hybridized carbons (Fsp3) is 0.429.